The van der Waals surface area contributed by atoms with Crippen LogP contribution in [0.1, 0.15) is 11.4 Å². The number of H-pyrrole nitrogens is 1. The molecule has 2 rings (SSSR count). The largest absolute Gasteiger partial charge is 0.383 e. The molecule has 0 spiro atoms. The molecule has 0 radical (unpaired) electrons. The molecule has 5 heteroatoms. The molecule has 1 unspecified atom stereocenters. The van der Waals surface area contributed by atoms with E-state index in [1.807, 2.05) is 0 Å². The van der Waals surface area contributed by atoms with Gasteiger partial charge in [-0.25, -0.2) is 4.98 Å². The van der Waals surface area contributed by atoms with E-state index in [0.717, 1.165) is 32.7 Å². The average Bonchev–Trinajstić information content (AvgIpc) is 2.73. The van der Waals surface area contributed by atoms with E-state index < -0.39 is 0 Å². The third kappa shape index (κ3) is 2.81. The molecule has 0 aliphatic carbocycles. The third-order valence-electron chi connectivity index (χ3n) is 3.02. The molecule has 0 fully saturated rings. The summed E-state index contributed by atoms with van der Waals surface area (Å²) in [7, 11) is 3.86. The molecule has 0 bridgehead atoms. The molecule has 1 aromatic heterocycles. The first kappa shape index (κ1) is 11.6. The van der Waals surface area contributed by atoms with Gasteiger partial charge >= 0.3 is 0 Å². The molecule has 1 atom stereocenters. The van der Waals surface area contributed by atoms with E-state index in [2.05, 4.69) is 27.2 Å². The molecule has 1 aliphatic rings. The van der Waals surface area contributed by atoms with Crippen molar-refractivity contribution in [2.45, 2.75) is 19.0 Å². The summed E-state index contributed by atoms with van der Waals surface area (Å²) in [6, 6.07) is 0.498. The van der Waals surface area contributed by atoms with Crippen molar-refractivity contribution in [2.75, 3.05) is 33.9 Å². The van der Waals surface area contributed by atoms with Gasteiger partial charge in [0.05, 0.1) is 24.3 Å². The van der Waals surface area contributed by atoms with Crippen LogP contribution in [0.15, 0.2) is 6.33 Å². The van der Waals surface area contributed by atoms with Gasteiger partial charge in [0.25, 0.3) is 0 Å². The summed E-state index contributed by atoms with van der Waals surface area (Å²) in [5.74, 6) is 0. The number of imidazole rings is 1. The molecule has 0 saturated heterocycles. The predicted octanol–water partition coefficient (Wildman–Crippen LogP) is 0.00220. The fourth-order valence-corrected chi connectivity index (χ4v) is 2.07. The molecule has 5 nitrogen and oxygen atoms in total. The van der Waals surface area contributed by atoms with E-state index in [9.17, 15) is 0 Å². The van der Waals surface area contributed by atoms with E-state index in [1.165, 1.54) is 11.4 Å². The van der Waals surface area contributed by atoms with Crippen LogP contribution in [0.5, 0.6) is 0 Å². The van der Waals surface area contributed by atoms with Gasteiger partial charge in [-0.3, -0.25) is 0 Å². The quantitative estimate of drug-likeness (QED) is 0.739. The summed E-state index contributed by atoms with van der Waals surface area (Å²) < 4.78 is 5.07. The number of ether oxygens (including phenoxy) is 1. The van der Waals surface area contributed by atoms with Crippen molar-refractivity contribution in [2.24, 2.45) is 0 Å². The second kappa shape index (κ2) is 5.43. The van der Waals surface area contributed by atoms with E-state index in [4.69, 9.17) is 4.74 Å². The minimum Gasteiger partial charge on any atom is -0.383 e. The van der Waals surface area contributed by atoms with Gasteiger partial charge < -0.3 is 19.9 Å². The number of nitrogens with one attached hydrogen (secondary N) is 2. The zero-order valence-electron chi connectivity index (χ0n) is 9.99. The van der Waals surface area contributed by atoms with Crippen LogP contribution < -0.4 is 5.32 Å². The lowest BCUT2D eigenvalue weighted by Crippen LogP contribution is -2.44. The van der Waals surface area contributed by atoms with Crippen LogP contribution in [-0.4, -0.2) is 54.8 Å². The molecule has 0 saturated carbocycles. The van der Waals surface area contributed by atoms with Crippen molar-refractivity contribution in [1.29, 1.82) is 0 Å². The van der Waals surface area contributed by atoms with Gasteiger partial charge in [0, 0.05) is 39.2 Å². The number of fused-ring (bicyclic) bond motifs is 1. The highest BCUT2D eigenvalue weighted by Gasteiger charge is 2.20. The number of rotatable bonds is 5. The molecule has 0 amide bonds. The zero-order valence-corrected chi connectivity index (χ0v) is 9.99. The number of hydrogen-bond donors (Lipinski definition) is 2. The van der Waals surface area contributed by atoms with Gasteiger partial charge in [0.1, 0.15) is 0 Å². The van der Waals surface area contributed by atoms with Crippen LogP contribution in [0.25, 0.3) is 0 Å². The summed E-state index contributed by atoms with van der Waals surface area (Å²) in [6.07, 6.45) is 2.79. The SMILES string of the molecule is COCCN(C)CC1Cc2nc[nH]c2CN1. The van der Waals surface area contributed by atoms with Crippen LogP contribution in [0.3, 0.4) is 0 Å². The first-order chi connectivity index (χ1) is 7.79. The standard InChI is InChI=1S/C11H20N4O/c1-15(3-4-16-2)7-9-5-10-11(6-12-9)14-8-13-10/h8-9,12H,3-7H2,1-2H3,(H,13,14). The number of nitrogens with zero attached hydrogens (tertiary/aromatic N) is 2. The average molecular weight is 224 g/mol. The van der Waals surface area contributed by atoms with Crippen LogP contribution >= 0.6 is 0 Å². The molecule has 16 heavy (non-hydrogen) atoms. The Morgan fingerprint density at radius 2 is 2.50 bits per heavy atom. The van der Waals surface area contributed by atoms with Crippen molar-refractivity contribution in [3.05, 3.63) is 17.7 Å². The monoisotopic (exact) mass is 224 g/mol. The van der Waals surface area contributed by atoms with Crippen molar-refractivity contribution < 1.29 is 4.74 Å². The Balaban J connectivity index is 1.80. The topological polar surface area (TPSA) is 53.2 Å². The van der Waals surface area contributed by atoms with E-state index in [1.54, 1.807) is 13.4 Å². The number of methoxy groups -OCH3 is 1. The smallest absolute Gasteiger partial charge is 0.0925 e. The Kier molecular flexibility index (Phi) is 3.93. The number of aromatic amines is 1. The molecular formula is C11H20N4O. The number of hydrogen-bond acceptors (Lipinski definition) is 4. The first-order valence-corrected chi connectivity index (χ1v) is 5.71. The maximum Gasteiger partial charge on any atom is 0.0925 e. The van der Waals surface area contributed by atoms with Crippen LogP contribution in [-0.2, 0) is 17.7 Å². The Morgan fingerprint density at radius 3 is 3.31 bits per heavy atom. The van der Waals surface area contributed by atoms with Gasteiger partial charge in [-0.05, 0) is 7.05 Å². The molecule has 1 aromatic rings. The lowest BCUT2D eigenvalue weighted by atomic mass is 10.1. The summed E-state index contributed by atoms with van der Waals surface area (Å²) in [5.41, 5.74) is 2.44. The van der Waals surface area contributed by atoms with Crippen molar-refractivity contribution >= 4 is 0 Å². The van der Waals surface area contributed by atoms with E-state index in [-0.39, 0.29) is 0 Å². The second-order valence-electron chi connectivity index (χ2n) is 4.36. The lowest BCUT2D eigenvalue weighted by molar-refractivity contribution is 0.154. The third-order valence-corrected chi connectivity index (χ3v) is 3.02. The molecule has 2 heterocycles. The zero-order chi connectivity index (χ0) is 11.4. The fraction of sp³-hybridized carbons (Fsp3) is 0.727. The van der Waals surface area contributed by atoms with Crippen LogP contribution in [0, 0.1) is 0 Å². The van der Waals surface area contributed by atoms with Crippen molar-refractivity contribution in [3.63, 3.8) is 0 Å². The van der Waals surface area contributed by atoms with Gasteiger partial charge in [-0.2, -0.15) is 0 Å². The summed E-state index contributed by atoms with van der Waals surface area (Å²) >= 11 is 0. The summed E-state index contributed by atoms with van der Waals surface area (Å²) in [5, 5.41) is 3.51. The van der Waals surface area contributed by atoms with Gasteiger partial charge in [-0.15, -0.1) is 0 Å². The Labute approximate surface area is 96.2 Å². The van der Waals surface area contributed by atoms with Crippen LogP contribution in [0.2, 0.25) is 0 Å². The van der Waals surface area contributed by atoms with Crippen molar-refractivity contribution in [1.82, 2.24) is 20.2 Å². The van der Waals surface area contributed by atoms with Gasteiger partial charge in [-0.1, -0.05) is 0 Å². The van der Waals surface area contributed by atoms with Crippen molar-refractivity contribution in [3.8, 4) is 0 Å². The lowest BCUT2D eigenvalue weighted by Gasteiger charge is -2.27. The maximum absolute atomic E-state index is 5.07. The Morgan fingerprint density at radius 1 is 1.62 bits per heavy atom. The van der Waals surface area contributed by atoms with Crippen LogP contribution in [0.4, 0.5) is 0 Å². The predicted molar refractivity (Wildman–Crippen MR) is 62.3 cm³/mol. The molecule has 90 valence electrons. The first-order valence-electron chi connectivity index (χ1n) is 5.71. The molecule has 0 aromatic carbocycles. The number of likely N-dealkylation sites (N-methyl/N-ethyl adjacent to an activating group) is 1. The summed E-state index contributed by atoms with van der Waals surface area (Å²) in [4.78, 5) is 9.79. The minimum atomic E-state index is 0.498. The van der Waals surface area contributed by atoms with Gasteiger partial charge in [0.15, 0.2) is 0 Å². The summed E-state index contributed by atoms with van der Waals surface area (Å²) in [6.45, 7) is 3.70. The van der Waals surface area contributed by atoms with E-state index >= 15 is 0 Å². The number of aromatic nitrogens is 2. The molecule has 1 aliphatic heterocycles. The Bertz CT molecular complexity index is 326. The second-order valence-corrected chi connectivity index (χ2v) is 4.36. The Hall–Kier alpha value is -0.910. The maximum atomic E-state index is 5.07. The molecule has 2 N–H and O–H groups in total. The minimum absolute atomic E-state index is 0.498. The highest BCUT2D eigenvalue weighted by Crippen LogP contribution is 2.12. The molecular weight excluding hydrogens is 204 g/mol. The fourth-order valence-electron chi connectivity index (χ4n) is 2.07. The van der Waals surface area contributed by atoms with E-state index in [0.29, 0.717) is 6.04 Å². The normalized spacial score (nSPS) is 20.1. The highest BCUT2D eigenvalue weighted by atomic mass is 16.5. The highest BCUT2D eigenvalue weighted by molar-refractivity contribution is 5.15. The van der Waals surface area contributed by atoms with Gasteiger partial charge in [0.2, 0.25) is 0 Å².